The van der Waals surface area contributed by atoms with Gasteiger partial charge in [0.15, 0.2) is 0 Å². The van der Waals surface area contributed by atoms with Gasteiger partial charge in [0, 0.05) is 24.1 Å². The van der Waals surface area contributed by atoms with E-state index in [9.17, 15) is 0 Å². The number of azide groups is 1. The number of hydrogen-bond acceptors (Lipinski definition) is 4. The van der Waals surface area contributed by atoms with Crippen LogP contribution in [0.4, 0.5) is 0 Å². The SMILES string of the molecule is C[B][C@H]1C=C[C@@H](CCO)C1.C[B][C@H]1C[C@@H](N=[N+]=[N-])[C@@H](CCO)O1. The minimum absolute atomic E-state index is 0.0621. The maximum atomic E-state index is 8.75. The molecule has 0 bridgehead atoms. The Bertz CT molecular complexity index is 405. The normalized spacial score (nSPS) is 31.9. The average molecular weight is 319 g/mol. The first-order chi connectivity index (χ1) is 11.2. The summed E-state index contributed by atoms with van der Waals surface area (Å²) in [4.78, 5) is 2.77. The van der Waals surface area contributed by atoms with Gasteiger partial charge in [0.25, 0.3) is 0 Å². The molecule has 1 saturated heterocycles. The third-order valence-electron chi connectivity index (χ3n) is 4.37. The molecule has 0 saturated carbocycles. The molecule has 0 aromatic carbocycles. The molecule has 1 aliphatic heterocycles. The van der Waals surface area contributed by atoms with Gasteiger partial charge in [0.2, 0.25) is 0 Å². The van der Waals surface area contributed by atoms with Crippen LogP contribution in [-0.2, 0) is 4.74 Å². The van der Waals surface area contributed by atoms with Gasteiger partial charge >= 0.3 is 0 Å². The van der Waals surface area contributed by atoms with E-state index in [1.54, 1.807) is 0 Å². The van der Waals surface area contributed by atoms with Gasteiger partial charge < -0.3 is 14.9 Å². The number of allylic oxidation sites excluding steroid dienone is 2. The van der Waals surface area contributed by atoms with Crippen LogP contribution in [0, 0.1) is 5.92 Å². The van der Waals surface area contributed by atoms with Crippen LogP contribution in [0.25, 0.3) is 10.4 Å². The van der Waals surface area contributed by atoms with E-state index in [0.29, 0.717) is 24.8 Å². The Balaban J connectivity index is 0.000000238. The predicted molar refractivity (Wildman–Crippen MR) is 93.9 cm³/mol. The zero-order valence-corrected chi connectivity index (χ0v) is 14.1. The van der Waals surface area contributed by atoms with Gasteiger partial charge in [-0.1, -0.05) is 36.7 Å². The Kier molecular flexibility index (Phi) is 10.1. The molecule has 2 rings (SSSR count). The second-order valence-corrected chi connectivity index (χ2v) is 5.96. The fraction of sp³-hybridized carbons (Fsp3) is 0.867. The molecule has 2 N–H and O–H groups in total. The first-order valence-corrected chi connectivity index (χ1v) is 8.37. The van der Waals surface area contributed by atoms with Crippen molar-refractivity contribution >= 4 is 14.6 Å². The number of aliphatic hydroxyl groups excluding tert-OH is 2. The number of aliphatic hydroxyl groups is 2. The van der Waals surface area contributed by atoms with Gasteiger partial charge in [-0.15, -0.1) is 0 Å². The molecule has 23 heavy (non-hydrogen) atoms. The lowest BCUT2D eigenvalue weighted by Crippen LogP contribution is -2.20. The topological polar surface area (TPSA) is 98.5 Å². The van der Waals surface area contributed by atoms with Crippen molar-refractivity contribution in [1.82, 2.24) is 0 Å². The van der Waals surface area contributed by atoms with Crippen molar-refractivity contribution in [3.05, 3.63) is 22.6 Å². The van der Waals surface area contributed by atoms with E-state index < -0.39 is 0 Å². The molecule has 0 amide bonds. The zero-order valence-electron chi connectivity index (χ0n) is 14.1. The van der Waals surface area contributed by atoms with E-state index in [1.165, 1.54) is 6.42 Å². The molecule has 2 aliphatic rings. The van der Waals surface area contributed by atoms with Gasteiger partial charge in [-0.25, -0.2) is 0 Å². The van der Waals surface area contributed by atoms with E-state index in [1.807, 2.05) is 14.1 Å². The molecule has 6 nitrogen and oxygen atoms in total. The van der Waals surface area contributed by atoms with E-state index in [4.69, 9.17) is 20.5 Å². The molecule has 0 spiro atoms. The molecule has 0 aromatic heterocycles. The van der Waals surface area contributed by atoms with E-state index >= 15 is 0 Å². The fourth-order valence-corrected chi connectivity index (χ4v) is 2.98. The molecule has 5 atom stereocenters. The number of rotatable bonds is 7. The van der Waals surface area contributed by atoms with Crippen molar-refractivity contribution in [2.45, 2.75) is 63.3 Å². The van der Waals surface area contributed by atoms with Gasteiger partial charge in [0.1, 0.15) is 14.6 Å². The minimum Gasteiger partial charge on any atom is -0.396 e. The molecular weight excluding hydrogens is 292 g/mol. The van der Waals surface area contributed by atoms with Crippen molar-refractivity contribution in [2.24, 2.45) is 11.0 Å². The summed E-state index contributed by atoms with van der Waals surface area (Å²) in [7, 11) is 4.16. The molecule has 1 heterocycles. The number of ether oxygens (including phenoxy) is 1. The smallest absolute Gasteiger partial charge is 0.146 e. The highest BCUT2D eigenvalue weighted by Gasteiger charge is 2.32. The van der Waals surface area contributed by atoms with Crippen LogP contribution in [0.3, 0.4) is 0 Å². The third kappa shape index (κ3) is 7.00. The Morgan fingerprint density at radius 3 is 2.43 bits per heavy atom. The minimum atomic E-state index is -0.127. The van der Waals surface area contributed by atoms with Gasteiger partial charge in [-0.3, -0.25) is 0 Å². The van der Waals surface area contributed by atoms with Crippen LogP contribution in [0.1, 0.15) is 25.7 Å². The van der Waals surface area contributed by atoms with Crippen molar-refractivity contribution in [3.63, 3.8) is 0 Å². The Morgan fingerprint density at radius 2 is 1.91 bits per heavy atom. The third-order valence-corrected chi connectivity index (χ3v) is 4.37. The van der Waals surface area contributed by atoms with Gasteiger partial charge in [-0.2, -0.15) is 0 Å². The molecule has 2 radical (unpaired) electrons. The van der Waals surface area contributed by atoms with Crippen LogP contribution >= 0.6 is 0 Å². The molecular formula is C15H27B2N3O3. The lowest BCUT2D eigenvalue weighted by molar-refractivity contribution is 0.0614. The summed E-state index contributed by atoms with van der Waals surface area (Å²) >= 11 is 0. The maximum Gasteiger partial charge on any atom is 0.146 e. The molecule has 8 heteroatoms. The molecule has 0 aromatic rings. The molecule has 1 fully saturated rings. The maximum absolute atomic E-state index is 8.75. The monoisotopic (exact) mass is 319 g/mol. The molecule has 0 unspecified atom stereocenters. The van der Waals surface area contributed by atoms with Crippen molar-refractivity contribution < 1.29 is 14.9 Å². The van der Waals surface area contributed by atoms with Crippen LogP contribution in [0.2, 0.25) is 19.5 Å². The molecule has 1 aliphatic carbocycles. The van der Waals surface area contributed by atoms with Crippen molar-refractivity contribution in [3.8, 4) is 0 Å². The summed E-state index contributed by atoms with van der Waals surface area (Å²) in [5.41, 5.74) is 8.30. The predicted octanol–water partition coefficient (Wildman–Crippen LogP) is 2.40. The van der Waals surface area contributed by atoms with Crippen molar-refractivity contribution in [1.29, 1.82) is 0 Å². The second-order valence-electron chi connectivity index (χ2n) is 5.96. The second kappa shape index (κ2) is 11.6. The Labute approximate surface area is 140 Å². The van der Waals surface area contributed by atoms with Gasteiger partial charge in [-0.05, 0) is 37.1 Å². The van der Waals surface area contributed by atoms with Crippen LogP contribution in [0.5, 0.6) is 0 Å². The summed E-state index contributed by atoms with van der Waals surface area (Å²) in [5.74, 6) is 1.29. The van der Waals surface area contributed by atoms with Gasteiger partial charge in [0.05, 0.1) is 12.1 Å². The van der Waals surface area contributed by atoms with Crippen LogP contribution in [-0.4, -0.2) is 56.1 Å². The quantitative estimate of drug-likeness (QED) is 0.248. The first kappa shape index (κ1) is 20.1. The molecule has 126 valence electrons. The summed E-state index contributed by atoms with van der Waals surface area (Å²) in [6, 6.07) is -0.0644. The average Bonchev–Trinajstić information content (AvgIpc) is 3.16. The lowest BCUT2D eigenvalue weighted by atomic mass is 9.66. The van der Waals surface area contributed by atoms with E-state index in [0.717, 1.165) is 12.8 Å². The Hall–Kier alpha value is -0.940. The zero-order chi connectivity index (χ0) is 17.1. The lowest BCUT2D eigenvalue weighted by Gasteiger charge is -2.12. The van der Waals surface area contributed by atoms with Crippen LogP contribution in [0.15, 0.2) is 17.3 Å². The summed E-state index contributed by atoms with van der Waals surface area (Å²) in [6.07, 6.45) is 7.74. The number of hydrogen-bond donors (Lipinski definition) is 2. The highest BCUT2D eigenvalue weighted by atomic mass is 16.5. The highest BCUT2D eigenvalue weighted by Crippen LogP contribution is 2.29. The van der Waals surface area contributed by atoms with E-state index in [-0.39, 0.29) is 24.8 Å². The number of nitrogens with zero attached hydrogens (tertiary/aromatic N) is 3. The first-order valence-electron chi connectivity index (χ1n) is 8.37. The summed E-state index contributed by atoms with van der Waals surface area (Å²) in [5, 5.41) is 21.0. The standard InChI is InChI=1S/C8H14BO.C7H13BN3O2/c1-9-8-3-2-7(6-8)4-5-10;1-8-7-4-5(10-11-9)6(13-7)2-3-12/h2-3,7-8,10H,4-6H2,1H3;5-7,12H,2-4H2,1H3/t7-,8-;5-,6-,7-/m01/s1. The highest BCUT2D eigenvalue weighted by molar-refractivity contribution is 6.36. The fourth-order valence-electron chi connectivity index (χ4n) is 2.98. The van der Waals surface area contributed by atoms with Crippen molar-refractivity contribution in [2.75, 3.05) is 13.2 Å². The van der Waals surface area contributed by atoms with E-state index in [2.05, 4.69) is 36.3 Å². The Morgan fingerprint density at radius 1 is 1.17 bits per heavy atom. The van der Waals surface area contributed by atoms with Crippen LogP contribution < -0.4 is 0 Å². The largest absolute Gasteiger partial charge is 0.396 e. The summed E-state index contributed by atoms with van der Waals surface area (Å²) in [6.45, 7) is 4.40. The summed E-state index contributed by atoms with van der Waals surface area (Å²) < 4.78 is 5.54.